The van der Waals surface area contributed by atoms with Gasteiger partial charge < -0.3 is 28.8 Å². The molecule has 9 heteroatoms. The summed E-state index contributed by atoms with van der Waals surface area (Å²) in [4.78, 5) is 35.1. The maximum Gasteiger partial charge on any atom is 0.343 e. The highest BCUT2D eigenvalue weighted by atomic mass is 16.6. The molecule has 0 aromatic heterocycles. The molecule has 1 unspecified atom stereocenters. The molecule has 0 bridgehead atoms. The van der Waals surface area contributed by atoms with Gasteiger partial charge in [-0.2, -0.15) is 0 Å². The molecule has 40 heavy (non-hydrogen) atoms. The van der Waals surface area contributed by atoms with Crippen molar-refractivity contribution in [3.8, 4) is 22.6 Å². The largest absolute Gasteiger partial charge is 0.491 e. The zero-order chi connectivity index (χ0) is 28.7. The van der Waals surface area contributed by atoms with E-state index < -0.39 is 11.9 Å². The van der Waals surface area contributed by atoms with E-state index in [9.17, 15) is 14.4 Å². The Labute approximate surface area is 233 Å². The number of carboxylic acid groups (broad SMARTS) is 1. The van der Waals surface area contributed by atoms with E-state index in [1.54, 1.807) is 72.8 Å². The van der Waals surface area contributed by atoms with Crippen LogP contribution < -0.4 is 9.47 Å². The fraction of sp³-hybridized carbons (Fsp3) is 0.323. The number of carboxylic acids is 1. The third kappa shape index (κ3) is 9.83. The number of hydrogen-bond acceptors (Lipinski definition) is 8. The topological polar surface area (TPSA) is 118 Å². The molecule has 1 N–H and O–H groups in total. The van der Waals surface area contributed by atoms with Crippen LogP contribution in [0.2, 0.25) is 0 Å². The van der Waals surface area contributed by atoms with Gasteiger partial charge in [-0.05, 0) is 66.1 Å². The predicted octanol–water partition coefficient (Wildman–Crippen LogP) is 5.27. The van der Waals surface area contributed by atoms with Crippen molar-refractivity contribution in [2.75, 3.05) is 39.6 Å². The third-order valence-electron chi connectivity index (χ3n) is 5.98. The second-order valence-corrected chi connectivity index (χ2v) is 8.87. The Kier molecular flexibility index (Phi) is 12.2. The SMILES string of the molecule is CCC(C)C(=O)OCCOCCOCCOc1ccc(C(=O)Oc2ccc(-c3ccc(C(=O)O)cc3)cc2)cc1. The Bertz CT molecular complexity index is 1220. The Morgan fingerprint density at radius 2 is 1.18 bits per heavy atom. The van der Waals surface area contributed by atoms with E-state index in [0.29, 0.717) is 50.1 Å². The number of hydrogen-bond donors (Lipinski definition) is 1. The highest BCUT2D eigenvalue weighted by Crippen LogP contribution is 2.24. The number of carbonyl (C=O) groups is 3. The minimum absolute atomic E-state index is 0.0994. The van der Waals surface area contributed by atoms with Gasteiger partial charge in [-0.25, -0.2) is 9.59 Å². The second kappa shape index (κ2) is 16.0. The molecule has 212 valence electrons. The van der Waals surface area contributed by atoms with Gasteiger partial charge in [-0.1, -0.05) is 38.1 Å². The molecule has 9 nitrogen and oxygen atoms in total. The van der Waals surface area contributed by atoms with Gasteiger partial charge >= 0.3 is 17.9 Å². The number of ether oxygens (including phenoxy) is 5. The van der Waals surface area contributed by atoms with Gasteiger partial charge in [0.15, 0.2) is 0 Å². The van der Waals surface area contributed by atoms with Gasteiger partial charge in [-0.15, -0.1) is 0 Å². The summed E-state index contributed by atoms with van der Waals surface area (Å²) < 4.78 is 27.0. The van der Waals surface area contributed by atoms with Crippen LogP contribution in [-0.4, -0.2) is 62.7 Å². The van der Waals surface area contributed by atoms with Crippen molar-refractivity contribution in [3.05, 3.63) is 83.9 Å². The van der Waals surface area contributed by atoms with Gasteiger partial charge in [0.1, 0.15) is 24.7 Å². The van der Waals surface area contributed by atoms with Gasteiger partial charge in [-0.3, -0.25) is 4.79 Å². The molecule has 0 aliphatic heterocycles. The van der Waals surface area contributed by atoms with Crippen LogP contribution in [0.4, 0.5) is 0 Å². The van der Waals surface area contributed by atoms with Crippen molar-refractivity contribution in [1.29, 1.82) is 0 Å². The number of aromatic carboxylic acids is 1. The van der Waals surface area contributed by atoms with Crippen molar-refractivity contribution >= 4 is 17.9 Å². The minimum Gasteiger partial charge on any atom is -0.491 e. The second-order valence-electron chi connectivity index (χ2n) is 8.87. The number of benzene rings is 3. The van der Waals surface area contributed by atoms with E-state index in [4.69, 9.17) is 28.8 Å². The zero-order valence-corrected chi connectivity index (χ0v) is 22.7. The van der Waals surface area contributed by atoms with Crippen LogP contribution in [0.3, 0.4) is 0 Å². The molecule has 0 radical (unpaired) electrons. The first-order chi connectivity index (χ1) is 19.4. The number of esters is 2. The van der Waals surface area contributed by atoms with Crippen molar-refractivity contribution < 1.29 is 43.2 Å². The molecule has 0 fully saturated rings. The lowest BCUT2D eigenvalue weighted by Crippen LogP contribution is -2.18. The van der Waals surface area contributed by atoms with E-state index in [1.807, 2.05) is 13.8 Å². The van der Waals surface area contributed by atoms with Crippen LogP contribution >= 0.6 is 0 Å². The van der Waals surface area contributed by atoms with E-state index in [2.05, 4.69) is 0 Å². The molecule has 1 atom stereocenters. The molecule has 0 aliphatic carbocycles. The highest BCUT2D eigenvalue weighted by molar-refractivity contribution is 5.91. The summed E-state index contributed by atoms with van der Waals surface area (Å²) >= 11 is 0. The summed E-state index contributed by atoms with van der Waals surface area (Å²) in [6.07, 6.45) is 0.749. The van der Waals surface area contributed by atoms with Gasteiger partial charge in [0, 0.05) is 0 Å². The quantitative estimate of drug-likeness (QED) is 0.145. The third-order valence-corrected chi connectivity index (χ3v) is 5.98. The Hall–Kier alpha value is -4.21. The van der Waals surface area contributed by atoms with Crippen LogP contribution in [0, 0.1) is 5.92 Å². The molecule has 0 aliphatic rings. The zero-order valence-electron chi connectivity index (χ0n) is 22.7. The summed E-state index contributed by atoms with van der Waals surface area (Å²) in [6.45, 7) is 5.82. The lowest BCUT2D eigenvalue weighted by atomic mass is 10.0. The molecule has 0 amide bonds. The number of rotatable bonds is 16. The lowest BCUT2D eigenvalue weighted by molar-refractivity contribution is -0.149. The minimum atomic E-state index is -0.976. The van der Waals surface area contributed by atoms with Crippen LogP contribution in [0.5, 0.6) is 11.5 Å². The highest BCUT2D eigenvalue weighted by Gasteiger charge is 2.11. The van der Waals surface area contributed by atoms with Crippen molar-refractivity contribution in [2.45, 2.75) is 20.3 Å². The molecule has 3 rings (SSSR count). The molecule has 3 aromatic rings. The Balaban J connectivity index is 1.31. The average molecular weight is 551 g/mol. The summed E-state index contributed by atoms with van der Waals surface area (Å²) in [5.74, 6) is -0.794. The molecule has 0 heterocycles. The summed E-state index contributed by atoms with van der Waals surface area (Å²) in [5.41, 5.74) is 2.32. The van der Waals surface area contributed by atoms with E-state index in [1.165, 1.54) is 0 Å². The van der Waals surface area contributed by atoms with E-state index >= 15 is 0 Å². The predicted molar refractivity (Wildman–Crippen MR) is 148 cm³/mol. The monoisotopic (exact) mass is 550 g/mol. The molecule has 0 saturated heterocycles. The lowest BCUT2D eigenvalue weighted by Gasteiger charge is -2.10. The van der Waals surface area contributed by atoms with Crippen molar-refractivity contribution in [3.63, 3.8) is 0 Å². The first-order valence-corrected chi connectivity index (χ1v) is 13.1. The first-order valence-electron chi connectivity index (χ1n) is 13.1. The van der Waals surface area contributed by atoms with Crippen molar-refractivity contribution in [1.82, 2.24) is 0 Å². The van der Waals surface area contributed by atoms with Gasteiger partial charge in [0.25, 0.3) is 0 Å². The average Bonchev–Trinajstić information content (AvgIpc) is 2.98. The van der Waals surface area contributed by atoms with E-state index in [0.717, 1.165) is 17.5 Å². The number of carbonyl (C=O) groups excluding carboxylic acids is 2. The van der Waals surface area contributed by atoms with Crippen LogP contribution in [-0.2, 0) is 19.0 Å². The van der Waals surface area contributed by atoms with Crippen molar-refractivity contribution in [2.24, 2.45) is 5.92 Å². The Morgan fingerprint density at radius 3 is 1.75 bits per heavy atom. The molecule has 0 spiro atoms. The Morgan fingerprint density at radius 1 is 0.675 bits per heavy atom. The summed E-state index contributed by atoms with van der Waals surface area (Å²) in [6, 6.07) is 20.1. The van der Waals surface area contributed by atoms with Crippen LogP contribution in [0.15, 0.2) is 72.8 Å². The smallest absolute Gasteiger partial charge is 0.343 e. The molecule has 0 saturated carbocycles. The fourth-order valence-corrected chi connectivity index (χ4v) is 3.42. The molecular weight excluding hydrogens is 516 g/mol. The fourth-order valence-electron chi connectivity index (χ4n) is 3.42. The molecule has 3 aromatic carbocycles. The van der Waals surface area contributed by atoms with Gasteiger partial charge in [0.2, 0.25) is 0 Å². The summed E-state index contributed by atoms with van der Waals surface area (Å²) in [7, 11) is 0. The maximum atomic E-state index is 12.5. The molecular formula is C31H34O9. The van der Waals surface area contributed by atoms with Crippen LogP contribution in [0.1, 0.15) is 41.0 Å². The van der Waals surface area contributed by atoms with Crippen LogP contribution in [0.25, 0.3) is 11.1 Å². The normalized spacial score (nSPS) is 11.4. The maximum absolute atomic E-state index is 12.5. The first kappa shape index (κ1) is 30.3. The standard InChI is InChI=1S/C31H34O9/c1-3-22(2)30(34)39-21-19-37-17-16-36-18-20-38-27-12-10-26(11-13-27)31(35)40-28-14-8-24(9-15-28)23-4-6-25(7-5-23)29(32)33/h4-15,22H,3,16-21H2,1-2H3,(H,32,33). The van der Waals surface area contributed by atoms with Gasteiger partial charge in [0.05, 0.1) is 43.5 Å². The summed E-state index contributed by atoms with van der Waals surface area (Å²) in [5, 5.41) is 9.02. The van der Waals surface area contributed by atoms with E-state index in [-0.39, 0.29) is 24.1 Å².